The van der Waals surface area contributed by atoms with Crippen LogP contribution in [0.3, 0.4) is 0 Å². The van der Waals surface area contributed by atoms with E-state index in [1.165, 1.54) is 0 Å². The number of hydrogen-bond donors (Lipinski definition) is 0. The van der Waals surface area contributed by atoms with E-state index in [0.717, 1.165) is 0 Å². The van der Waals surface area contributed by atoms with Crippen LogP contribution in [0, 0.1) is 0 Å². The molecule has 22 heteroatoms. The predicted molar refractivity (Wildman–Crippen MR) is 61.9 cm³/mol. The van der Waals surface area contributed by atoms with Crippen molar-refractivity contribution in [3.63, 3.8) is 0 Å². The monoisotopic (exact) mass is 436 g/mol. The Morgan fingerprint density at radius 2 is 0.545 bits per heavy atom. The summed E-state index contributed by atoms with van der Waals surface area (Å²) in [5.74, 6) is 0. The Morgan fingerprint density at radius 3 is 0.545 bits per heavy atom. The molecule has 120 valence electrons. The minimum absolute atomic E-state index is 0. The summed E-state index contributed by atoms with van der Waals surface area (Å²) < 4.78 is 102. The van der Waals surface area contributed by atoms with Gasteiger partial charge < -0.3 is 34.6 Å². The van der Waals surface area contributed by atoms with Crippen LogP contribution >= 0.6 is 0 Å². The second-order valence-corrected chi connectivity index (χ2v) is 3.03. The van der Waals surface area contributed by atoms with Gasteiger partial charge in [0.2, 0.25) is 0 Å². The Balaban J connectivity index is -0.0000000102. The van der Waals surface area contributed by atoms with Crippen molar-refractivity contribution in [2.45, 2.75) is 0 Å². The van der Waals surface area contributed by atoms with Crippen molar-refractivity contribution >= 4 is 121 Å². The quantitative estimate of drug-likeness (QED) is 0.194. The molecule has 0 aliphatic heterocycles. The van der Waals surface area contributed by atoms with Crippen molar-refractivity contribution in [1.29, 1.82) is 0 Å². The molecule has 0 aromatic rings. The van der Waals surface area contributed by atoms with Crippen LogP contribution in [-0.4, -0.2) is 152 Å². The molecule has 0 saturated heterocycles. The van der Waals surface area contributed by atoms with Crippen molar-refractivity contribution in [3.05, 3.63) is 0 Å². The molecule has 15 nitrogen and oxygen atoms in total. The molecular weight excluding hydrogens is 431 g/mol. The Morgan fingerprint density at radius 1 is 0.545 bits per heavy atom. The van der Waals surface area contributed by atoms with Crippen LogP contribution in [0.15, 0.2) is 0 Å². The van der Waals surface area contributed by atoms with Gasteiger partial charge in [-0.3, -0.25) is 16.8 Å². The first kappa shape index (κ1) is 64.6. The van der Waals surface area contributed by atoms with Gasteiger partial charge in [-0.25, -0.2) is 0 Å². The van der Waals surface area contributed by atoms with Crippen LogP contribution in [-0.2, 0) is 28.4 Å². The fourth-order valence-corrected chi connectivity index (χ4v) is 0. The van der Waals surface area contributed by atoms with E-state index in [1.807, 2.05) is 0 Å². The molecule has 0 aliphatic rings. The molecule has 0 atom stereocenters. The van der Waals surface area contributed by atoms with Crippen molar-refractivity contribution < 1.29 is 67.4 Å². The van der Waals surface area contributed by atoms with Gasteiger partial charge in [-0.1, -0.05) is 0 Å². The van der Waals surface area contributed by atoms with Crippen LogP contribution in [0.5, 0.6) is 0 Å². The Labute approximate surface area is 186 Å². The van der Waals surface area contributed by atoms with Gasteiger partial charge in [-0.15, -0.1) is 0 Å². The van der Waals surface area contributed by atoms with Crippen LogP contribution in [0.25, 0.3) is 0 Å². The maximum atomic E-state index is 8.52. The van der Waals surface area contributed by atoms with Crippen LogP contribution in [0.1, 0.15) is 0 Å². The van der Waals surface area contributed by atoms with E-state index >= 15 is 0 Å². The van der Waals surface area contributed by atoms with Gasteiger partial charge >= 0.3 is 116 Å². The average Bonchev–Trinajstić information content (AvgIpc) is 1.79. The second-order valence-electron chi connectivity index (χ2n) is 1.01. The van der Waals surface area contributed by atoms with Gasteiger partial charge in [0.05, 0.1) is 0 Å². The topological polar surface area (TPSA) is 335 Å². The molecule has 22 heavy (non-hydrogen) atoms. The first-order valence-corrected chi connectivity index (χ1v) is 6.83. The first-order chi connectivity index (χ1) is 6.83. The molecule has 0 radical (unpaired) electrons. The third-order valence-electron chi connectivity index (χ3n) is 0. The summed E-state index contributed by atoms with van der Waals surface area (Å²) in [5, 5.41) is 0. The zero-order valence-corrected chi connectivity index (χ0v) is 18.7. The maximum absolute atomic E-state index is 8.52. The van der Waals surface area contributed by atoms with E-state index in [4.69, 9.17) is 51.0 Å². The number of hydrogen-bond acceptors (Lipinski definition) is 12. The van der Waals surface area contributed by atoms with Crippen molar-refractivity contribution in [2.75, 3.05) is 0 Å². The van der Waals surface area contributed by atoms with Crippen LogP contribution < -0.4 is 8.32 Å². The van der Waals surface area contributed by atoms with Crippen LogP contribution in [0.2, 0.25) is 0 Å². The van der Waals surface area contributed by atoms with Crippen LogP contribution in [0.4, 0.5) is 0 Å². The van der Waals surface area contributed by atoms with E-state index in [2.05, 4.69) is 0 Å². The summed E-state index contributed by atoms with van der Waals surface area (Å²) in [6.45, 7) is 0. The first-order valence-electron chi connectivity index (χ1n) is 2.28. The SMILES string of the molecule is O.O.O.O=S(=O)([O-])[O-].O=S(=O)([O-])[O-].[Mg+2].[Mg+2].[Mg+2].[O]=[Al][O-].[O]=[Al][O-]. The van der Waals surface area contributed by atoms with Gasteiger partial charge in [0.1, 0.15) is 0 Å². The summed E-state index contributed by atoms with van der Waals surface area (Å²) in [6, 6.07) is 0. The molecule has 0 fully saturated rings. The molecule has 0 bridgehead atoms. The summed E-state index contributed by atoms with van der Waals surface area (Å²) in [5.41, 5.74) is 0. The van der Waals surface area contributed by atoms with E-state index in [1.54, 1.807) is 0 Å². The molecule has 0 spiro atoms. The van der Waals surface area contributed by atoms with Gasteiger partial charge in [-0.05, 0) is 0 Å². The van der Waals surface area contributed by atoms with Gasteiger partial charge in [0, 0.05) is 20.8 Å². The minimum atomic E-state index is -5.17. The van der Waals surface area contributed by atoms with Crippen molar-refractivity contribution in [2.24, 2.45) is 0 Å². The van der Waals surface area contributed by atoms with Gasteiger partial charge in [-0.2, -0.15) is 0 Å². The number of rotatable bonds is 0. The van der Waals surface area contributed by atoms with Gasteiger partial charge in [0.15, 0.2) is 0 Å². The third-order valence-corrected chi connectivity index (χ3v) is 0. The molecule has 0 aromatic heterocycles. The molecular formula is H6Al2Mg3O15S2. The third kappa shape index (κ3) is 2090. The van der Waals surface area contributed by atoms with E-state index in [0.29, 0.717) is 0 Å². The molecule has 0 rings (SSSR count). The fraction of sp³-hybridized carbons (Fsp3) is 0. The van der Waals surface area contributed by atoms with Crippen molar-refractivity contribution in [3.8, 4) is 0 Å². The van der Waals surface area contributed by atoms with E-state index < -0.39 is 51.8 Å². The summed E-state index contributed by atoms with van der Waals surface area (Å²) in [6.07, 6.45) is 0. The Kier molecular flexibility index (Phi) is 128. The zero-order chi connectivity index (χ0) is 14.4. The molecule has 0 aromatic carbocycles. The molecule has 0 heterocycles. The molecule has 0 amide bonds. The summed E-state index contributed by atoms with van der Waals surface area (Å²) >= 11 is -3.50. The standard InChI is InChI=1S/2Al.3Mg.2H2O4S.3H2O.4O/c;;;;;2*1-5(2,3)4;;;;;;;/h;;;;;2*(H2,1,2,3,4);3*1H2;;;;/q;;3*+2;;;;;;;;2*-1/p-4. The summed E-state index contributed by atoms with van der Waals surface area (Å²) in [7, 11) is -10.3. The normalized spacial score (nSPS) is 6.00. The van der Waals surface area contributed by atoms with E-state index in [-0.39, 0.29) is 85.6 Å². The molecule has 6 N–H and O–H groups in total. The Hall–Kier alpha value is 2.18. The second kappa shape index (κ2) is 43.6. The summed E-state index contributed by atoms with van der Waals surface area (Å²) in [4.78, 5) is 0. The Bertz CT molecular complexity index is 295. The van der Waals surface area contributed by atoms with Gasteiger partial charge in [0.25, 0.3) is 0 Å². The van der Waals surface area contributed by atoms with Crippen molar-refractivity contribution in [1.82, 2.24) is 0 Å². The molecule has 0 unspecified atom stereocenters. The molecule has 0 aliphatic carbocycles. The molecule has 0 saturated carbocycles. The predicted octanol–water partition coefficient (Wildman–Crippen LogP) is -9.67. The zero-order valence-electron chi connectivity index (χ0n) is 10.5. The fourth-order valence-electron chi connectivity index (χ4n) is 0. The average molecular weight is 437 g/mol. The van der Waals surface area contributed by atoms with E-state index in [9.17, 15) is 0 Å².